The number of likely N-dealkylation sites (tertiary alicyclic amines) is 1. The highest BCUT2D eigenvalue weighted by Gasteiger charge is 2.38. The standard InChI is InChI=1S/C13H13BrF5NO/c14-10-1-2-11(21-8-13(17,18)19)9(5-10)6-20-4-3-12(15,16)7-20/h1-2,5H,3-4,6-8H2. The molecule has 1 fully saturated rings. The van der Waals surface area contributed by atoms with Crippen molar-refractivity contribution in [1.29, 1.82) is 0 Å². The molecule has 118 valence electrons. The number of hydrogen-bond donors (Lipinski definition) is 0. The van der Waals surface area contributed by atoms with E-state index in [9.17, 15) is 22.0 Å². The summed E-state index contributed by atoms with van der Waals surface area (Å²) < 4.78 is 68.4. The number of alkyl halides is 5. The Labute approximate surface area is 127 Å². The van der Waals surface area contributed by atoms with E-state index in [1.54, 1.807) is 12.1 Å². The Balaban J connectivity index is 2.08. The first-order valence-electron chi connectivity index (χ1n) is 6.23. The molecular weight excluding hydrogens is 361 g/mol. The van der Waals surface area contributed by atoms with E-state index in [2.05, 4.69) is 15.9 Å². The molecule has 0 aromatic heterocycles. The Morgan fingerprint density at radius 3 is 2.57 bits per heavy atom. The van der Waals surface area contributed by atoms with E-state index in [0.717, 1.165) is 0 Å². The first kappa shape index (κ1) is 16.5. The topological polar surface area (TPSA) is 12.5 Å². The fourth-order valence-corrected chi connectivity index (χ4v) is 2.56. The van der Waals surface area contributed by atoms with E-state index in [1.165, 1.54) is 11.0 Å². The van der Waals surface area contributed by atoms with Gasteiger partial charge in [0.2, 0.25) is 0 Å². The zero-order valence-electron chi connectivity index (χ0n) is 10.9. The molecule has 0 atom stereocenters. The minimum absolute atomic E-state index is 0.0609. The number of nitrogens with zero attached hydrogens (tertiary/aromatic N) is 1. The summed E-state index contributed by atoms with van der Waals surface area (Å²) in [5.41, 5.74) is 0.450. The molecule has 0 bridgehead atoms. The monoisotopic (exact) mass is 373 g/mol. The SMILES string of the molecule is FC(F)(F)COc1ccc(Br)cc1CN1CCC(F)(F)C1. The van der Waals surface area contributed by atoms with Gasteiger partial charge < -0.3 is 4.74 Å². The Morgan fingerprint density at radius 2 is 2.00 bits per heavy atom. The predicted octanol–water partition coefficient (Wildman–Crippen LogP) is 4.23. The van der Waals surface area contributed by atoms with Crippen LogP contribution in [0.15, 0.2) is 22.7 Å². The second-order valence-electron chi connectivity index (χ2n) is 4.97. The van der Waals surface area contributed by atoms with Gasteiger partial charge in [-0.15, -0.1) is 0 Å². The summed E-state index contributed by atoms with van der Waals surface area (Å²) >= 11 is 3.21. The lowest BCUT2D eigenvalue weighted by atomic mass is 10.2. The molecule has 0 radical (unpaired) electrons. The highest BCUT2D eigenvalue weighted by atomic mass is 79.9. The summed E-state index contributed by atoms with van der Waals surface area (Å²) in [6, 6.07) is 4.54. The van der Waals surface area contributed by atoms with Crippen LogP contribution in [0.3, 0.4) is 0 Å². The summed E-state index contributed by atoms with van der Waals surface area (Å²) in [4.78, 5) is 1.50. The van der Waals surface area contributed by atoms with E-state index in [4.69, 9.17) is 4.74 Å². The molecule has 21 heavy (non-hydrogen) atoms. The van der Waals surface area contributed by atoms with Crippen LogP contribution < -0.4 is 4.74 Å². The molecule has 0 amide bonds. The van der Waals surface area contributed by atoms with Gasteiger partial charge in [0.25, 0.3) is 5.92 Å². The minimum Gasteiger partial charge on any atom is -0.484 e. The van der Waals surface area contributed by atoms with Gasteiger partial charge in [0, 0.05) is 29.5 Å². The summed E-state index contributed by atoms with van der Waals surface area (Å²) in [5, 5.41) is 0. The molecule has 1 aliphatic rings. The van der Waals surface area contributed by atoms with Crippen molar-refractivity contribution in [3.8, 4) is 5.75 Å². The van der Waals surface area contributed by atoms with Crippen LogP contribution in [0.4, 0.5) is 22.0 Å². The molecule has 0 spiro atoms. The quantitative estimate of drug-likeness (QED) is 0.732. The van der Waals surface area contributed by atoms with Crippen molar-refractivity contribution in [3.05, 3.63) is 28.2 Å². The molecule has 8 heteroatoms. The summed E-state index contributed by atoms with van der Waals surface area (Å²) in [7, 11) is 0. The van der Waals surface area contributed by atoms with Crippen molar-refractivity contribution in [1.82, 2.24) is 4.90 Å². The van der Waals surface area contributed by atoms with Gasteiger partial charge in [0.1, 0.15) is 5.75 Å². The maximum Gasteiger partial charge on any atom is 0.422 e. The summed E-state index contributed by atoms with van der Waals surface area (Å²) in [6.07, 6.45) is -4.68. The van der Waals surface area contributed by atoms with Gasteiger partial charge in [-0.2, -0.15) is 13.2 Å². The molecule has 1 aliphatic heterocycles. The smallest absolute Gasteiger partial charge is 0.422 e. The summed E-state index contributed by atoms with van der Waals surface area (Å²) in [5.74, 6) is -2.68. The Morgan fingerprint density at radius 1 is 1.29 bits per heavy atom. The molecule has 0 aliphatic carbocycles. The molecule has 1 aromatic rings. The fraction of sp³-hybridized carbons (Fsp3) is 0.538. The lowest BCUT2D eigenvalue weighted by molar-refractivity contribution is -0.153. The molecule has 1 saturated heterocycles. The van der Waals surface area contributed by atoms with Crippen LogP contribution in [0.2, 0.25) is 0 Å². The lowest BCUT2D eigenvalue weighted by Gasteiger charge is -2.19. The minimum atomic E-state index is -4.44. The van der Waals surface area contributed by atoms with Crippen LogP contribution in [0.1, 0.15) is 12.0 Å². The number of hydrogen-bond acceptors (Lipinski definition) is 2. The number of ether oxygens (including phenoxy) is 1. The van der Waals surface area contributed by atoms with Crippen molar-refractivity contribution in [2.24, 2.45) is 0 Å². The zero-order chi connectivity index (χ0) is 15.7. The molecule has 1 heterocycles. The zero-order valence-corrected chi connectivity index (χ0v) is 12.5. The molecule has 1 aromatic carbocycles. The van der Waals surface area contributed by atoms with Crippen molar-refractivity contribution >= 4 is 15.9 Å². The lowest BCUT2D eigenvalue weighted by Crippen LogP contribution is -2.25. The van der Waals surface area contributed by atoms with Gasteiger partial charge in [-0.05, 0) is 18.2 Å². The second kappa shape index (κ2) is 6.08. The van der Waals surface area contributed by atoms with Crippen LogP contribution in [0.5, 0.6) is 5.75 Å². The average molecular weight is 374 g/mol. The van der Waals surface area contributed by atoms with Crippen molar-refractivity contribution < 1.29 is 26.7 Å². The first-order valence-corrected chi connectivity index (χ1v) is 7.02. The maximum absolute atomic E-state index is 13.2. The molecule has 2 nitrogen and oxygen atoms in total. The van der Waals surface area contributed by atoms with Gasteiger partial charge in [-0.3, -0.25) is 4.90 Å². The molecule has 2 rings (SSSR count). The van der Waals surface area contributed by atoms with Crippen molar-refractivity contribution in [2.45, 2.75) is 25.1 Å². The van der Waals surface area contributed by atoms with Gasteiger partial charge >= 0.3 is 6.18 Å². The molecular formula is C13H13BrF5NO. The van der Waals surface area contributed by atoms with E-state index < -0.39 is 25.3 Å². The van der Waals surface area contributed by atoms with E-state index in [-0.39, 0.29) is 25.3 Å². The van der Waals surface area contributed by atoms with Crippen LogP contribution >= 0.6 is 15.9 Å². The Hall–Kier alpha value is -0.890. The van der Waals surface area contributed by atoms with Crippen LogP contribution in [0, 0.1) is 0 Å². The van der Waals surface area contributed by atoms with E-state index in [1.807, 2.05) is 0 Å². The Kier molecular flexibility index (Phi) is 4.77. The average Bonchev–Trinajstić information content (AvgIpc) is 2.66. The number of benzene rings is 1. The van der Waals surface area contributed by atoms with Gasteiger partial charge in [0.05, 0.1) is 6.54 Å². The van der Waals surface area contributed by atoms with Gasteiger partial charge in [0.15, 0.2) is 6.61 Å². The van der Waals surface area contributed by atoms with Crippen LogP contribution in [-0.2, 0) is 6.54 Å². The van der Waals surface area contributed by atoms with Crippen molar-refractivity contribution in [2.75, 3.05) is 19.7 Å². The van der Waals surface area contributed by atoms with Crippen LogP contribution in [0.25, 0.3) is 0 Å². The molecule has 0 saturated carbocycles. The number of halogens is 6. The third-order valence-electron chi connectivity index (χ3n) is 3.06. The summed E-state index contributed by atoms with van der Waals surface area (Å²) in [6.45, 7) is -1.46. The highest BCUT2D eigenvalue weighted by Crippen LogP contribution is 2.31. The second-order valence-corrected chi connectivity index (χ2v) is 5.89. The highest BCUT2D eigenvalue weighted by molar-refractivity contribution is 9.10. The Bertz CT molecular complexity index is 506. The van der Waals surface area contributed by atoms with Crippen molar-refractivity contribution in [3.63, 3.8) is 0 Å². The third-order valence-corrected chi connectivity index (χ3v) is 3.55. The predicted molar refractivity (Wildman–Crippen MR) is 70.5 cm³/mol. The van der Waals surface area contributed by atoms with Gasteiger partial charge in [-0.25, -0.2) is 8.78 Å². The van der Waals surface area contributed by atoms with E-state index >= 15 is 0 Å². The first-order chi connectivity index (χ1) is 9.65. The van der Waals surface area contributed by atoms with E-state index in [0.29, 0.717) is 10.0 Å². The maximum atomic E-state index is 13.2. The molecule has 0 N–H and O–H groups in total. The third kappa shape index (κ3) is 5.10. The fourth-order valence-electron chi connectivity index (χ4n) is 2.15. The normalized spacial score (nSPS) is 19.0. The number of rotatable bonds is 4. The molecule has 0 unspecified atom stereocenters. The van der Waals surface area contributed by atoms with Gasteiger partial charge in [-0.1, -0.05) is 15.9 Å². The van der Waals surface area contributed by atoms with Crippen LogP contribution in [-0.4, -0.2) is 36.7 Å². The largest absolute Gasteiger partial charge is 0.484 e.